The van der Waals surface area contributed by atoms with Crippen molar-refractivity contribution in [3.05, 3.63) is 57.1 Å². The predicted octanol–water partition coefficient (Wildman–Crippen LogP) is 8.04. The van der Waals surface area contributed by atoms with Gasteiger partial charge in [-0.25, -0.2) is 4.79 Å². The molecule has 2 aromatic rings. The number of esters is 1. The van der Waals surface area contributed by atoms with Crippen LogP contribution in [0.5, 0.6) is 5.75 Å². The molecule has 1 aliphatic rings. The quantitative estimate of drug-likeness (QED) is 0.0872. The van der Waals surface area contributed by atoms with Crippen LogP contribution in [0, 0.1) is 39.0 Å². The number of aryl methyl sites for hydroxylation is 2. The number of ether oxygens (including phenoxy) is 1. The molecule has 0 radical (unpaired) electrons. The molecule has 7 nitrogen and oxygen atoms in total. The third-order valence-electron chi connectivity index (χ3n) is 9.62. The minimum absolute atomic E-state index is 0.0781. The number of halogens is 1. The van der Waals surface area contributed by atoms with E-state index in [2.05, 4.69) is 30.1 Å². The molecule has 2 unspecified atom stereocenters. The highest BCUT2D eigenvalue weighted by Gasteiger charge is 2.30. The summed E-state index contributed by atoms with van der Waals surface area (Å²) in [7, 11) is 0. The summed E-state index contributed by atoms with van der Waals surface area (Å²) in [6.45, 7) is 17.1. The molecule has 1 fully saturated rings. The zero-order valence-electron chi connectivity index (χ0n) is 28.4. The van der Waals surface area contributed by atoms with E-state index in [1.165, 1.54) is 0 Å². The Morgan fingerprint density at radius 2 is 1.69 bits per heavy atom. The van der Waals surface area contributed by atoms with E-state index in [-0.39, 0.29) is 17.9 Å². The maximum atomic E-state index is 13.3. The highest BCUT2D eigenvalue weighted by Crippen LogP contribution is 2.29. The van der Waals surface area contributed by atoms with Crippen LogP contribution in [0.1, 0.15) is 99.5 Å². The lowest BCUT2D eigenvalue weighted by molar-refractivity contribution is -0.919. The molecule has 2 atom stereocenters. The third-order valence-corrected chi connectivity index (χ3v) is 10.0. The number of carbonyl (C=O) groups excluding carboxylic acids is 2. The van der Waals surface area contributed by atoms with Gasteiger partial charge in [-0.3, -0.25) is 9.69 Å². The SMILES string of the molecule is CCC[N+](CC)(CCCCCCCN1CCCCC1C(=O)Nc1c(C)ccc(Cl)c1C)CC(=O)Oc1c(C)ccc(C#N)c1C. The highest BCUT2D eigenvalue weighted by molar-refractivity contribution is 6.31. The zero-order valence-corrected chi connectivity index (χ0v) is 29.2. The van der Waals surface area contributed by atoms with E-state index in [9.17, 15) is 14.9 Å². The molecule has 0 aliphatic carbocycles. The number of piperidine rings is 1. The van der Waals surface area contributed by atoms with Gasteiger partial charge in [-0.05, 0) is 115 Å². The first-order valence-electron chi connectivity index (χ1n) is 16.9. The number of rotatable bonds is 16. The molecule has 246 valence electrons. The molecule has 1 aliphatic heterocycles. The molecule has 8 heteroatoms. The Morgan fingerprint density at radius 1 is 0.978 bits per heavy atom. The first-order chi connectivity index (χ1) is 21.6. The molecule has 0 spiro atoms. The third kappa shape index (κ3) is 10.0. The molecule has 1 amide bonds. The van der Waals surface area contributed by atoms with Gasteiger partial charge in [0.05, 0.1) is 37.3 Å². The van der Waals surface area contributed by atoms with Crippen molar-refractivity contribution in [1.82, 2.24) is 4.90 Å². The summed E-state index contributed by atoms with van der Waals surface area (Å²) in [5.41, 5.74) is 4.92. The Labute approximate surface area is 276 Å². The van der Waals surface area contributed by atoms with Crippen molar-refractivity contribution in [3.8, 4) is 11.8 Å². The minimum Gasteiger partial charge on any atom is -0.422 e. The molecule has 0 aromatic heterocycles. The van der Waals surface area contributed by atoms with Crippen LogP contribution in [0.2, 0.25) is 5.02 Å². The monoisotopic (exact) mass is 637 g/mol. The summed E-state index contributed by atoms with van der Waals surface area (Å²) >= 11 is 6.33. The summed E-state index contributed by atoms with van der Waals surface area (Å²) < 4.78 is 6.59. The Bertz CT molecular complexity index is 1350. The topological polar surface area (TPSA) is 82.4 Å². The second-order valence-electron chi connectivity index (χ2n) is 12.9. The molecule has 2 aromatic carbocycles. The predicted molar refractivity (Wildman–Crippen MR) is 184 cm³/mol. The number of nitrogens with one attached hydrogen (secondary N) is 1. The molecule has 0 bridgehead atoms. The highest BCUT2D eigenvalue weighted by atomic mass is 35.5. The van der Waals surface area contributed by atoms with Gasteiger partial charge in [-0.1, -0.05) is 49.9 Å². The summed E-state index contributed by atoms with van der Waals surface area (Å²) in [5.74, 6) is 0.370. The molecular weight excluding hydrogens is 584 g/mol. The average molecular weight is 638 g/mol. The molecule has 1 saturated heterocycles. The summed E-state index contributed by atoms with van der Waals surface area (Å²) in [4.78, 5) is 28.9. The van der Waals surface area contributed by atoms with Gasteiger partial charge in [0, 0.05) is 16.3 Å². The average Bonchev–Trinajstić information content (AvgIpc) is 3.03. The zero-order chi connectivity index (χ0) is 33.0. The van der Waals surface area contributed by atoms with E-state index >= 15 is 0 Å². The second-order valence-corrected chi connectivity index (χ2v) is 13.3. The fourth-order valence-corrected chi connectivity index (χ4v) is 6.92. The first kappa shape index (κ1) is 36.5. The molecule has 3 rings (SSSR count). The summed E-state index contributed by atoms with van der Waals surface area (Å²) in [6, 6.07) is 9.54. The normalized spacial score (nSPS) is 16.5. The largest absolute Gasteiger partial charge is 0.422 e. The number of amides is 1. The van der Waals surface area contributed by atoms with Gasteiger partial charge in [-0.15, -0.1) is 0 Å². The molecule has 1 heterocycles. The summed E-state index contributed by atoms with van der Waals surface area (Å²) in [5, 5.41) is 13.3. The smallest absolute Gasteiger partial charge is 0.367 e. The van der Waals surface area contributed by atoms with Crippen molar-refractivity contribution in [2.45, 2.75) is 105 Å². The van der Waals surface area contributed by atoms with Crippen LogP contribution in [0.25, 0.3) is 0 Å². The molecular formula is C37H54ClN4O3+. The fraction of sp³-hybridized carbons (Fsp3) is 0.595. The van der Waals surface area contributed by atoms with Gasteiger partial charge in [0.25, 0.3) is 0 Å². The second kappa shape index (κ2) is 17.7. The lowest BCUT2D eigenvalue weighted by Gasteiger charge is -2.37. The van der Waals surface area contributed by atoms with Crippen LogP contribution >= 0.6 is 11.6 Å². The number of hydrogen-bond acceptors (Lipinski definition) is 5. The lowest BCUT2D eigenvalue weighted by atomic mass is 10.00. The number of likely N-dealkylation sites (tertiary alicyclic amines) is 1. The van der Waals surface area contributed by atoms with Crippen LogP contribution in [-0.4, -0.2) is 66.6 Å². The fourth-order valence-electron chi connectivity index (χ4n) is 6.77. The molecule has 0 saturated carbocycles. The molecule has 45 heavy (non-hydrogen) atoms. The number of benzene rings is 2. The Morgan fingerprint density at radius 3 is 2.40 bits per heavy atom. The van der Waals surface area contributed by atoms with E-state index < -0.39 is 0 Å². The van der Waals surface area contributed by atoms with Crippen LogP contribution in [0.3, 0.4) is 0 Å². The Kier molecular flexibility index (Phi) is 14.4. The number of anilines is 1. The van der Waals surface area contributed by atoms with E-state index in [1.807, 2.05) is 45.9 Å². The maximum absolute atomic E-state index is 13.3. The van der Waals surface area contributed by atoms with Gasteiger partial charge in [0.1, 0.15) is 5.75 Å². The number of nitrogens with zero attached hydrogens (tertiary/aromatic N) is 3. The maximum Gasteiger partial charge on any atom is 0.367 e. The first-order valence-corrected chi connectivity index (χ1v) is 17.3. The van der Waals surface area contributed by atoms with E-state index in [0.29, 0.717) is 22.9 Å². The Balaban J connectivity index is 1.46. The van der Waals surface area contributed by atoms with Crippen molar-refractivity contribution in [2.75, 3.05) is 44.6 Å². The van der Waals surface area contributed by atoms with E-state index in [0.717, 1.165) is 123 Å². The van der Waals surface area contributed by atoms with Crippen LogP contribution in [0.4, 0.5) is 5.69 Å². The van der Waals surface area contributed by atoms with Crippen molar-refractivity contribution >= 4 is 29.2 Å². The van der Waals surface area contributed by atoms with E-state index in [1.54, 1.807) is 6.07 Å². The van der Waals surface area contributed by atoms with Gasteiger partial charge >= 0.3 is 5.97 Å². The number of hydrogen-bond donors (Lipinski definition) is 1. The van der Waals surface area contributed by atoms with E-state index in [4.69, 9.17) is 16.3 Å². The lowest BCUT2D eigenvalue weighted by Crippen LogP contribution is -2.53. The van der Waals surface area contributed by atoms with Gasteiger partial charge in [0.2, 0.25) is 5.91 Å². The van der Waals surface area contributed by atoms with Gasteiger partial charge < -0.3 is 14.5 Å². The van der Waals surface area contributed by atoms with Gasteiger partial charge in [-0.2, -0.15) is 5.26 Å². The van der Waals surface area contributed by atoms with Crippen LogP contribution < -0.4 is 10.1 Å². The standard InChI is InChI=1S/C37H53ClN4O3/c1-7-23-42(8-2,26-34(43)45-36-28(4)17-19-31(25-39)29(36)5)24-15-11-9-10-13-21-41-22-14-12-16-33(41)37(44)40-35-27(3)18-20-32(38)30(35)6/h17-20,33H,7-16,21-24,26H2,1-6H3/p+1. The minimum atomic E-state index is -0.229. The molecule has 1 N–H and O–H groups in total. The Hall–Kier alpha value is -2.92. The number of carbonyl (C=O) groups is 2. The van der Waals surface area contributed by atoms with Crippen molar-refractivity contribution < 1.29 is 18.8 Å². The van der Waals surface area contributed by atoms with Crippen LogP contribution in [-0.2, 0) is 9.59 Å². The number of unbranched alkanes of at least 4 members (excludes halogenated alkanes) is 4. The van der Waals surface area contributed by atoms with Crippen molar-refractivity contribution in [2.24, 2.45) is 0 Å². The van der Waals surface area contributed by atoms with Crippen molar-refractivity contribution in [1.29, 1.82) is 5.26 Å². The number of quaternary nitrogens is 1. The number of nitriles is 1. The van der Waals surface area contributed by atoms with Gasteiger partial charge in [0.15, 0.2) is 6.54 Å². The van der Waals surface area contributed by atoms with Crippen LogP contribution in [0.15, 0.2) is 24.3 Å². The number of likely N-dealkylation sites (N-methyl/N-ethyl adjacent to an activating group) is 1. The summed E-state index contributed by atoms with van der Waals surface area (Å²) in [6.07, 6.45) is 9.66. The van der Waals surface area contributed by atoms with Crippen molar-refractivity contribution in [3.63, 3.8) is 0 Å².